The number of ether oxygens (including phenoxy) is 2. The van der Waals surface area contributed by atoms with Crippen molar-refractivity contribution in [2.75, 3.05) is 13.2 Å². The molecule has 4 aliphatic rings. The highest BCUT2D eigenvalue weighted by atomic mass is 19.1. The molecule has 2 amide bonds. The zero-order chi connectivity index (χ0) is 31.6. The number of pyridine rings is 2. The van der Waals surface area contributed by atoms with Crippen LogP contribution in [0.1, 0.15) is 97.4 Å². The Balaban J connectivity index is 1.14. The standard InChI is InChI=1S/C36H38FN5O4/c1-36(35(38)44)19-45-33-28(36)17-30(40-32(33)22-8-10-24(37)11-9-22)27(20-4-2-3-5-20)18-39-34(43)23-14-25-16-29(21-6-7-21)41-42(25)31(15-23)46-26-12-13-26/h8-11,14-17,20-21,26-27H,2-7,12-13,18-19H2,1H3,(H2,38,44)(H,39,43)/t27-,36-/m0/s1. The van der Waals surface area contributed by atoms with Gasteiger partial charge in [-0.2, -0.15) is 5.10 Å². The van der Waals surface area contributed by atoms with Crippen molar-refractivity contribution in [3.05, 3.63) is 76.9 Å². The van der Waals surface area contributed by atoms with E-state index in [0.29, 0.717) is 52.4 Å². The van der Waals surface area contributed by atoms with Crippen LogP contribution < -0.4 is 20.5 Å². The van der Waals surface area contributed by atoms with Crippen LogP contribution in [0.15, 0.2) is 48.5 Å². The molecule has 8 rings (SSSR count). The van der Waals surface area contributed by atoms with Gasteiger partial charge >= 0.3 is 0 Å². The number of nitrogens with two attached hydrogens (primary N) is 1. The molecule has 3 aromatic heterocycles. The van der Waals surface area contributed by atoms with Gasteiger partial charge in [0.2, 0.25) is 11.8 Å². The van der Waals surface area contributed by atoms with Gasteiger partial charge in [-0.1, -0.05) is 12.8 Å². The predicted octanol–water partition coefficient (Wildman–Crippen LogP) is 5.79. The smallest absolute Gasteiger partial charge is 0.251 e. The topological polar surface area (TPSA) is 121 Å². The maximum Gasteiger partial charge on any atom is 0.251 e. The van der Waals surface area contributed by atoms with E-state index in [9.17, 15) is 14.0 Å². The first-order valence-electron chi connectivity index (χ1n) is 16.5. The van der Waals surface area contributed by atoms with E-state index >= 15 is 0 Å². The molecular formula is C36H38FN5O4. The molecule has 1 aliphatic heterocycles. The van der Waals surface area contributed by atoms with Crippen LogP contribution in [0.2, 0.25) is 0 Å². The average molecular weight is 624 g/mol. The number of nitrogens with one attached hydrogen (secondary N) is 1. The number of aromatic nitrogens is 3. The first kappa shape index (κ1) is 29.0. The van der Waals surface area contributed by atoms with Crippen LogP contribution in [-0.4, -0.2) is 45.7 Å². The molecule has 3 aliphatic carbocycles. The lowest BCUT2D eigenvalue weighted by molar-refractivity contribution is -0.123. The Labute approximate surface area is 266 Å². The first-order valence-corrected chi connectivity index (χ1v) is 16.5. The Morgan fingerprint density at radius 3 is 2.54 bits per heavy atom. The van der Waals surface area contributed by atoms with Gasteiger partial charge in [0.25, 0.3) is 5.91 Å². The summed E-state index contributed by atoms with van der Waals surface area (Å²) < 4.78 is 28.0. The van der Waals surface area contributed by atoms with Crippen LogP contribution in [-0.2, 0) is 10.2 Å². The second kappa shape index (κ2) is 11.1. The number of benzene rings is 1. The Bertz CT molecular complexity index is 1840. The van der Waals surface area contributed by atoms with Gasteiger partial charge in [0.15, 0.2) is 0 Å². The molecule has 46 heavy (non-hydrogen) atoms. The molecule has 2 atom stereocenters. The minimum atomic E-state index is -1.04. The third-order valence-corrected chi connectivity index (χ3v) is 10.2. The highest BCUT2D eigenvalue weighted by Crippen LogP contribution is 2.47. The van der Waals surface area contributed by atoms with Gasteiger partial charge in [-0.05, 0) is 93.8 Å². The second-order valence-corrected chi connectivity index (χ2v) is 13.7. The van der Waals surface area contributed by atoms with Gasteiger partial charge in [0, 0.05) is 46.8 Å². The molecule has 1 aromatic carbocycles. The molecule has 3 N–H and O–H groups in total. The number of hydrogen-bond acceptors (Lipinski definition) is 6. The van der Waals surface area contributed by atoms with Crippen LogP contribution in [0.5, 0.6) is 11.6 Å². The normalized spacial score (nSPS) is 21.6. The maximum atomic E-state index is 13.9. The molecule has 3 fully saturated rings. The predicted molar refractivity (Wildman–Crippen MR) is 170 cm³/mol. The van der Waals surface area contributed by atoms with Crippen LogP contribution in [0, 0.1) is 11.7 Å². The summed E-state index contributed by atoms with van der Waals surface area (Å²) in [5.41, 5.74) is 9.98. The van der Waals surface area contributed by atoms with E-state index in [1.54, 1.807) is 25.1 Å². The molecule has 9 nitrogen and oxygen atoms in total. The van der Waals surface area contributed by atoms with E-state index in [2.05, 4.69) is 11.4 Å². The number of rotatable bonds is 10. The van der Waals surface area contributed by atoms with E-state index in [0.717, 1.165) is 68.3 Å². The summed E-state index contributed by atoms with van der Waals surface area (Å²) >= 11 is 0. The number of fused-ring (bicyclic) bond motifs is 2. The fourth-order valence-electron chi connectivity index (χ4n) is 7.02. The van der Waals surface area contributed by atoms with Crippen LogP contribution in [0.4, 0.5) is 4.39 Å². The molecule has 0 spiro atoms. The molecule has 0 unspecified atom stereocenters. The van der Waals surface area contributed by atoms with Crippen molar-refractivity contribution in [1.29, 1.82) is 0 Å². The van der Waals surface area contributed by atoms with Crippen molar-refractivity contribution in [1.82, 2.24) is 19.9 Å². The Hall–Kier alpha value is -4.47. The lowest BCUT2D eigenvalue weighted by Crippen LogP contribution is -2.40. The number of amides is 2. The van der Waals surface area contributed by atoms with Crippen LogP contribution in [0.3, 0.4) is 0 Å². The van der Waals surface area contributed by atoms with Crippen molar-refractivity contribution >= 4 is 17.3 Å². The lowest BCUT2D eigenvalue weighted by atomic mass is 9.80. The van der Waals surface area contributed by atoms with E-state index in [1.165, 1.54) is 12.1 Å². The third kappa shape index (κ3) is 5.27. The largest absolute Gasteiger partial charge is 0.489 e. The highest BCUT2D eigenvalue weighted by Gasteiger charge is 2.44. The third-order valence-electron chi connectivity index (χ3n) is 10.2. The average Bonchev–Trinajstić information content (AvgIpc) is 3.93. The van der Waals surface area contributed by atoms with Gasteiger partial charge in [0.05, 0.1) is 11.2 Å². The Morgan fingerprint density at radius 2 is 1.85 bits per heavy atom. The minimum absolute atomic E-state index is 0.104. The summed E-state index contributed by atoms with van der Waals surface area (Å²) in [5.74, 6) is 0.730. The molecule has 0 bridgehead atoms. The van der Waals surface area contributed by atoms with Crippen molar-refractivity contribution in [2.24, 2.45) is 11.7 Å². The van der Waals surface area contributed by atoms with E-state index < -0.39 is 11.3 Å². The van der Waals surface area contributed by atoms with E-state index in [-0.39, 0.29) is 30.4 Å². The monoisotopic (exact) mass is 623 g/mol. The highest BCUT2D eigenvalue weighted by molar-refractivity contribution is 5.96. The van der Waals surface area contributed by atoms with Gasteiger partial charge in [0.1, 0.15) is 35.4 Å². The molecule has 0 saturated heterocycles. The van der Waals surface area contributed by atoms with Crippen molar-refractivity contribution in [3.8, 4) is 22.9 Å². The number of carbonyl (C=O) groups is 2. The van der Waals surface area contributed by atoms with Crippen molar-refractivity contribution in [3.63, 3.8) is 0 Å². The summed E-state index contributed by atoms with van der Waals surface area (Å²) in [6, 6.07) is 13.8. The van der Waals surface area contributed by atoms with Gasteiger partial charge in [-0.25, -0.2) is 13.9 Å². The molecule has 3 saturated carbocycles. The first-order chi connectivity index (χ1) is 22.3. The van der Waals surface area contributed by atoms with Gasteiger partial charge in [-0.15, -0.1) is 0 Å². The number of hydrogen-bond donors (Lipinski definition) is 2. The number of carbonyl (C=O) groups excluding carboxylic acids is 2. The molecule has 0 radical (unpaired) electrons. The summed E-state index contributed by atoms with van der Waals surface area (Å²) in [5, 5.41) is 8.02. The Kier molecular flexibility index (Phi) is 6.99. The summed E-state index contributed by atoms with van der Waals surface area (Å²) in [7, 11) is 0. The maximum absolute atomic E-state index is 13.9. The van der Waals surface area contributed by atoms with Crippen molar-refractivity contribution < 1.29 is 23.5 Å². The fourth-order valence-corrected chi connectivity index (χ4v) is 7.02. The fraction of sp³-hybridized carbons (Fsp3) is 0.444. The minimum Gasteiger partial charge on any atom is -0.489 e. The molecule has 10 heteroatoms. The number of nitrogens with zero attached hydrogens (tertiary/aromatic N) is 3. The number of halogens is 1. The lowest BCUT2D eigenvalue weighted by Gasteiger charge is -2.26. The zero-order valence-electron chi connectivity index (χ0n) is 25.9. The molecule has 4 heterocycles. The Morgan fingerprint density at radius 1 is 1.09 bits per heavy atom. The molecular weight excluding hydrogens is 585 g/mol. The second-order valence-electron chi connectivity index (χ2n) is 13.7. The summed E-state index contributed by atoms with van der Waals surface area (Å²) in [6.45, 7) is 2.25. The van der Waals surface area contributed by atoms with Crippen molar-refractivity contribution in [2.45, 2.75) is 81.6 Å². The van der Waals surface area contributed by atoms with Crippen LogP contribution in [0.25, 0.3) is 16.8 Å². The summed E-state index contributed by atoms with van der Waals surface area (Å²) in [6.07, 6.45) is 8.70. The van der Waals surface area contributed by atoms with Gasteiger partial charge in [-0.3, -0.25) is 9.59 Å². The van der Waals surface area contributed by atoms with Gasteiger partial charge < -0.3 is 20.5 Å². The van der Waals surface area contributed by atoms with E-state index in [1.807, 2.05) is 16.6 Å². The number of primary amides is 1. The quantitative estimate of drug-likeness (QED) is 0.231. The SMILES string of the molecule is C[C@]1(C(N)=O)COc2c1cc([C@@H](CNC(=O)c1cc(OC3CC3)n3nc(C4CC4)cc3c1)C1CCCC1)nc2-c1ccc(F)cc1. The van der Waals surface area contributed by atoms with E-state index in [4.69, 9.17) is 25.3 Å². The van der Waals surface area contributed by atoms with Crippen LogP contribution >= 0.6 is 0 Å². The molecule has 238 valence electrons. The zero-order valence-corrected chi connectivity index (χ0v) is 25.9. The molecule has 4 aromatic rings. The summed E-state index contributed by atoms with van der Waals surface area (Å²) in [4.78, 5) is 31.6.